The topological polar surface area (TPSA) is 66.8 Å². The van der Waals surface area contributed by atoms with Crippen molar-refractivity contribution in [1.29, 1.82) is 0 Å². The molecule has 0 saturated carbocycles. The van der Waals surface area contributed by atoms with Crippen molar-refractivity contribution in [3.8, 4) is 5.75 Å². The molecule has 0 aromatic heterocycles. The van der Waals surface area contributed by atoms with E-state index in [0.717, 1.165) is 5.56 Å². The number of methoxy groups -OCH3 is 1. The molecule has 1 amide bonds. The van der Waals surface area contributed by atoms with Crippen LogP contribution in [0.5, 0.6) is 5.75 Å². The first-order valence-electron chi connectivity index (χ1n) is 7.29. The summed E-state index contributed by atoms with van der Waals surface area (Å²) in [6.07, 6.45) is -0.0947. The Morgan fingerprint density at radius 3 is 2.48 bits per heavy atom. The lowest BCUT2D eigenvalue weighted by Crippen LogP contribution is -2.32. The van der Waals surface area contributed by atoms with Gasteiger partial charge in [-0.05, 0) is 23.8 Å². The molecule has 0 heterocycles. The molecule has 120 valence electrons. The largest absolute Gasteiger partial charge is 0.497 e. The highest BCUT2D eigenvalue weighted by atomic mass is 16.5. The van der Waals surface area contributed by atoms with Crippen molar-refractivity contribution in [2.75, 3.05) is 13.7 Å². The highest BCUT2D eigenvalue weighted by Gasteiger charge is 2.17. The van der Waals surface area contributed by atoms with E-state index in [-0.39, 0.29) is 18.9 Å². The van der Waals surface area contributed by atoms with E-state index in [1.807, 2.05) is 30.3 Å². The van der Waals surface area contributed by atoms with Crippen LogP contribution in [0.25, 0.3) is 0 Å². The van der Waals surface area contributed by atoms with Gasteiger partial charge in [0, 0.05) is 18.7 Å². The first kappa shape index (κ1) is 16.5. The lowest BCUT2D eigenvalue weighted by molar-refractivity contribution is -0.137. The van der Waals surface area contributed by atoms with Gasteiger partial charge in [0.1, 0.15) is 5.75 Å². The highest BCUT2D eigenvalue weighted by Crippen LogP contribution is 2.16. The van der Waals surface area contributed by atoms with E-state index in [0.29, 0.717) is 17.9 Å². The number of rotatable bonds is 7. The average molecular weight is 313 g/mol. The fourth-order valence-electron chi connectivity index (χ4n) is 2.23. The van der Waals surface area contributed by atoms with Crippen molar-refractivity contribution in [3.63, 3.8) is 0 Å². The summed E-state index contributed by atoms with van der Waals surface area (Å²) in [5.41, 5.74) is 1.43. The van der Waals surface area contributed by atoms with Crippen molar-refractivity contribution in [3.05, 3.63) is 65.7 Å². The molecule has 2 aromatic carbocycles. The van der Waals surface area contributed by atoms with Gasteiger partial charge in [-0.2, -0.15) is 0 Å². The van der Waals surface area contributed by atoms with Gasteiger partial charge in [-0.1, -0.05) is 36.4 Å². The number of carboxylic acids is 1. The lowest BCUT2D eigenvalue weighted by atomic mass is 10.1. The number of carboxylic acid groups (broad SMARTS) is 1. The zero-order valence-corrected chi connectivity index (χ0v) is 12.9. The summed E-state index contributed by atoms with van der Waals surface area (Å²) in [6.45, 7) is 0.518. The Hall–Kier alpha value is -2.82. The van der Waals surface area contributed by atoms with Crippen LogP contribution in [-0.4, -0.2) is 35.5 Å². The molecular formula is C18H19NO4. The van der Waals surface area contributed by atoms with Crippen LogP contribution < -0.4 is 4.74 Å². The Balaban J connectivity index is 2.20. The number of hydrogen-bond acceptors (Lipinski definition) is 3. The molecule has 2 rings (SSSR count). The molecule has 0 aliphatic carbocycles. The molecule has 0 saturated heterocycles. The average Bonchev–Trinajstić information content (AvgIpc) is 2.58. The Labute approximate surface area is 135 Å². The summed E-state index contributed by atoms with van der Waals surface area (Å²) in [6, 6.07) is 16.3. The van der Waals surface area contributed by atoms with Crippen molar-refractivity contribution in [1.82, 2.24) is 4.90 Å². The van der Waals surface area contributed by atoms with E-state index in [1.165, 1.54) is 12.0 Å². The number of carbonyl (C=O) groups excluding carboxylic acids is 1. The molecule has 0 spiro atoms. The van der Waals surface area contributed by atoms with E-state index in [1.54, 1.807) is 24.3 Å². The molecule has 0 unspecified atom stereocenters. The minimum Gasteiger partial charge on any atom is -0.497 e. The molecule has 1 N–H and O–H groups in total. The summed E-state index contributed by atoms with van der Waals surface area (Å²) in [5, 5.41) is 8.91. The van der Waals surface area contributed by atoms with Gasteiger partial charge in [0.25, 0.3) is 5.91 Å². The monoisotopic (exact) mass is 313 g/mol. The predicted octanol–water partition coefficient (Wildman–Crippen LogP) is 2.81. The van der Waals surface area contributed by atoms with Gasteiger partial charge >= 0.3 is 5.97 Å². The molecule has 2 aromatic rings. The Morgan fingerprint density at radius 2 is 1.83 bits per heavy atom. The number of benzene rings is 2. The third kappa shape index (κ3) is 4.85. The second-order valence-corrected chi connectivity index (χ2v) is 5.09. The Kier molecular flexibility index (Phi) is 5.74. The van der Waals surface area contributed by atoms with Gasteiger partial charge in [-0.15, -0.1) is 0 Å². The summed E-state index contributed by atoms with van der Waals surface area (Å²) < 4.78 is 5.14. The van der Waals surface area contributed by atoms with Crippen LogP contribution in [-0.2, 0) is 11.3 Å². The number of hydrogen-bond donors (Lipinski definition) is 1. The van der Waals surface area contributed by atoms with Crippen LogP contribution in [0.4, 0.5) is 0 Å². The second-order valence-electron chi connectivity index (χ2n) is 5.09. The van der Waals surface area contributed by atoms with Gasteiger partial charge in [0.2, 0.25) is 0 Å². The first-order valence-corrected chi connectivity index (χ1v) is 7.29. The van der Waals surface area contributed by atoms with Crippen LogP contribution in [0.15, 0.2) is 54.6 Å². The van der Waals surface area contributed by atoms with E-state index < -0.39 is 5.97 Å². The normalized spacial score (nSPS) is 10.1. The van der Waals surface area contributed by atoms with Gasteiger partial charge in [-0.25, -0.2) is 0 Å². The molecular weight excluding hydrogens is 294 g/mol. The van der Waals surface area contributed by atoms with Crippen LogP contribution >= 0.6 is 0 Å². The summed E-state index contributed by atoms with van der Waals surface area (Å²) in [5.74, 6) is -0.552. The van der Waals surface area contributed by atoms with Crippen LogP contribution in [0.1, 0.15) is 22.3 Å². The summed E-state index contributed by atoms with van der Waals surface area (Å²) in [7, 11) is 1.54. The van der Waals surface area contributed by atoms with E-state index in [4.69, 9.17) is 9.84 Å². The summed E-state index contributed by atoms with van der Waals surface area (Å²) in [4.78, 5) is 25.1. The lowest BCUT2D eigenvalue weighted by Gasteiger charge is -2.22. The maximum Gasteiger partial charge on any atom is 0.305 e. The molecule has 0 radical (unpaired) electrons. The quantitative estimate of drug-likeness (QED) is 0.853. The van der Waals surface area contributed by atoms with Crippen molar-refractivity contribution in [2.45, 2.75) is 13.0 Å². The molecule has 5 nitrogen and oxygen atoms in total. The van der Waals surface area contributed by atoms with Crippen LogP contribution in [0, 0.1) is 0 Å². The van der Waals surface area contributed by atoms with Crippen molar-refractivity contribution < 1.29 is 19.4 Å². The molecule has 5 heteroatoms. The Bertz CT molecular complexity index is 670. The molecule has 0 aliphatic heterocycles. The predicted molar refractivity (Wildman–Crippen MR) is 86.4 cm³/mol. The third-order valence-corrected chi connectivity index (χ3v) is 3.42. The number of amides is 1. The number of aliphatic carboxylic acids is 1. The maximum atomic E-state index is 12.7. The number of carbonyl (C=O) groups is 2. The highest BCUT2D eigenvalue weighted by molar-refractivity contribution is 5.94. The van der Waals surface area contributed by atoms with Crippen LogP contribution in [0.3, 0.4) is 0 Å². The fraction of sp³-hybridized carbons (Fsp3) is 0.222. The molecule has 23 heavy (non-hydrogen) atoms. The zero-order chi connectivity index (χ0) is 16.7. The van der Waals surface area contributed by atoms with Gasteiger partial charge in [0.15, 0.2) is 0 Å². The zero-order valence-electron chi connectivity index (χ0n) is 12.9. The third-order valence-electron chi connectivity index (χ3n) is 3.42. The van der Waals surface area contributed by atoms with Gasteiger partial charge < -0.3 is 14.7 Å². The van der Waals surface area contributed by atoms with E-state index >= 15 is 0 Å². The molecule has 0 fully saturated rings. The summed E-state index contributed by atoms with van der Waals surface area (Å²) >= 11 is 0. The second kappa shape index (κ2) is 7.98. The number of ether oxygens (including phenoxy) is 1. The van der Waals surface area contributed by atoms with Gasteiger partial charge in [0.05, 0.1) is 13.5 Å². The minimum absolute atomic E-state index is 0.0947. The standard InChI is InChI=1S/C18H19NO4/c1-23-16-9-5-8-15(12-16)18(22)19(11-10-17(20)21)13-14-6-3-2-4-7-14/h2-9,12H,10-11,13H2,1H3,(H,20,21). The fourth-order valence-corrected chi connectivity index (χ4v) is 2.23. The van der Waals surface area contributed by atoms with Gasteiger partial charge in [-0.3, -0.25) is 9.59 Å². The SMILES string of the molecule is COc1cccc(C(=O)N(CCC(=O)O)Cc2ccccc2)c1. The molecule has 0 atom stereocenters. The molecule has 0 bridgehead atoms. The van der Waals surface area contributed by atoms with Crippen molar-refractivity contribution in [2.24, 2.45) is 0 Å². The maximum absolute atomic E-state index is 12.7. The number of nitrogens with zero attached hydrogens (tertiary/aromatic N) is 1. The Morgan fingerprint density at radius 1 is 1.09 bits per heavy atom. The van der Waals surface area contributed by atoms with E-state index in [9.17, 15) is 9.59 Å². The van der Waals surface area contributed by atoms with Crippen molar-refractivity contribution >= 4 is 11.9 Å². The van der Waals surface area contributed by atoms with E-state index in [2.05, 4.69) is 0 Å². The molecule has 0 aliphatic rings. The minimum atomic E-state index is -0.929. The smallest absolute Gasteiger partial charge is 0.305 e. The first-order chi connectivity index (χ1) is 11.1. The van der Waals surface area contributed by atoms with Crippen LogP contribution in [0.2, 0.25) is 0 Å².